The minimum Gasteiger partial charge on any atom is -0.489 e. The number of likely N-dealkylation sites (tertiary alicyclic amines) is 1. The van der Waals surface area contributed by atoms with E-state index in [9.17, 15) is 18.0 Å². The summed E-state index contributed by atoms with van der Waals surface area (Å²) in [5.41, 5.74) is -0.702. The first-order valence-corrected chi connectivity index (χ1v) is 11.2. The van der Waals surface area contributed by atoms with Crippen molar-refractivity contribution in [1.29, 1.82) is 0 Å². The van der Waals surface area contributed by atoms with Crippen molar-refractivity contribution in [1.82, 2.24) is 15.2 Å². The van der Waals surface area contributed by atoms with Crippen LogP contribution in [0.4, 0.5) is 13.2 Å². The summed E-state index contributed by atoms with van der Waals surface area (Å²) in [6, 6.07) is 10.2. The third-order valence-electron chi connectivity index (χ3n) is 6.44. The van der Waals surface area contributed by atoms with Gasteiger partial charge in [0.15, 0.2) is 0 Å². The van der Waals surface area contributed by atoms with Crippen LogP contribution in [-0.2, 0) is 15.7 Å². The molecule has 0 spiro atoms. The van der Waals surface area contributed by atoms with Crippen molar-refractivity contribution in [2.24, 2.45) is 0 Å². The van der Waals surface area contributed by atoms with Gasteiger partial charge in [-0.25, -0.2) is 0 Å². The van der Waals surface area contributed by atoms with E-state index in [2.05, 4.69) is 15.2 Å². The standard InChI is InChI=1S/C24H28F3N3O3.ClH/c1-17(21-7-2-3-11-28-21)29-22(31)23(9-13-32-14-10-23)30-12-8-20(16-30)33-19-6-4-5-18(15-19)24(25,26)27;/h2-7,11,15,17,20H,8-10,12-14,16H2,1H3,(H,29,31);1H/t17-,20+;/m0./s1. The molecule has 2 fully saturated rings. The molecule has 0 unspecified atom stereocenters. The predicted molar refractivity (Wildman–Crippen MR) is 123 cm³/mol. The van der Waals surface area contributed by atoms with E-state index in [1.54, 1.807) is 6.20 Å². The summed E-state index contributed by atoms with van der Waals surface area (Å²) in [6.45, 7) is 3.93. The number of nitrogens with zero attached hydrogens (tertiary/aromatic N) is 2. The second-order valence-electron chi connectivity index (χ2n) is 8.59. The lowest BCUT2D eigenvalue weighted by atomic mass is 9.86. The molecule has 2 aliphatic heterocycles. The number of carbonyl (C=O) groups excluding carboxylic acids is 1. The van der Waals surface area contributed by atoms with E-state index < -0.39 is 17.3 Å². The molecular weight excluding hydrogens is 471 g/mol. The van der Waals surface area contributed by atoms with Gasteiger partial charge in [-0.1, -0.05) is 12.1 Å². The normalized spacial score (nSPS) is 21.4. The van der Waals surface area contributed by atoms with Crippen LogP contribution in [0.2, 0.25) is 0 Å². The number of ether oxygens (including phenoxy) is 2. The van der Waals surface area contributed by atoms with Crippen molar-refractivity contribution >= 4 is 18.3 Å². The molecule has 2 atom stereocenters. The van der Waals surface area contributed by atoms with Crippen LogP contribution in [0.25, 0.3) is 0 Å². The summed E-state index contributed by atoms with van der Waals surface area (Å²) in [5.74, 6) is 0.106. The molecule has 10 heteroatoms. The van der Waals surface area contributed by atoms with E-state index in [4.69, 9.17) is 9.47 Å². The number of alkyl halides is 3. The van der Waals surface area contributed by atoms with Crippen molar-refractivity contribution in [3.05, 3.63) is 59.9 Å². The van der Waals surface area contributed by atoms with E-state index in [1.807, 2.05) is 25.1 Å². The van der Waals surface area contributed by atoms with E-state index in [0.717, 1.165) is 17.8 Å². The lowest BCUT2D eigenvalue weighted by Crippen LogP contribution is -2.61. The Morgan fingerprint density at radius 2 is 2.00 bits per heavy atom. The summed E-state index contributed by atoms with van der Waals surface area (Å²) >= 11 is 0. The molecule has 3 heterocycles. The highest BCUT2D eigenvalue weighted by Gasteiger charge is 2.48. The van der Waals surface area contributed by atoms with Gasteiger partial charge in [-0.15, -0.1) is 12.4 Å². The summed E-state index contributed by atoms with van der Waals surface area (Å²) in [6.07, 6.45) is -1.31. The third kappa shape index (κ3) is 5.82. The molecule has 1 aromatic carbocycles. The second-order valence-corrected chi connectivity index (χ2v) is 8.59. The van der Waals surface area contributed by atoms with Gasteiger partial charge in [0.05, 0.1) is 17.3 Å². The highest BCUT2D eigenvalue weighted by Crippen LogP contribution is 2.35. The van der Waals surface area contributed by atoms with Gasteiger partial charge in [-0.3, -0.25) is 14.7 Å². The number of halogens is 4. The van der Waals surface area contributed by atoms with Crippen LogP contribution in [0.3, 0.4) is 0 Å². The van der Waals surface area contributed by atoms with Crippen LogP contribution in [0.15, 0.2) is 48.7 Å². The Morgan fingerprint density at radius 1 is 1.24 bits per heavy atom. The fourth-order valence-corrected chi connectivity index (χ4v) is 4.58. The van der Waals surface area contributed by atoms with Gasteiger partial charge in [0.1, 0.15) is 17.4 Å². The SMILES string of the molecule is C[C@H](NC(=O)C1(N2CC[C@@H](Oc3cccc(C(F)(F)F)c3)C2)CCOCC1)c1ccccn1.Cl. The maximum Gasteiger partial charge on any atom is 0.416 e. The van der Waals surface area contributed by atoms with Gasteiger partial charge < -0.3 is 14.8 Å². The molecule has 2 saturated heterocycles. The van der Waals surface area contributed by atoms with E-state index >= 15 is 0 Å². The zero-order valence-corrected chi connectivity index (χ0v) is 19.7. The smallest absolute Gasteiger partial charge is 0.416 e. The van der Waals surface area contributed by atoms with Gasteiger partial charge in [0.25, 0.3) is 0 Å². The molecule has 4 rings (SSSR count). The fraction of sp³-hybridized carbons (Fsp3) is 0.500. The Morgan fingerprint density at radius 3 is 2.68 bits per heavy atom. The molecule has 186 valence electrons. The topological polar surface area (TPSA) is 63.7 Å². The first-order chi connectivity index (χ1) is 15.8. The van der Waals surface area contributed by atoms with Gasteiger partial charge in [-0.05, 0) is 56.5 Å². The Hall–Kier alpha value is -2.36. The number of hydrogen-bond donors (Lipinski definition) is 1. The van der Waals surface area contributed by atoms with Crippen LogP contribution in [0.1, 0.15) is 43.5 Å². The van der Waals surface area contributed by atoms with Gasteiger partial charge in [0.2, 0.25) is 5.91 Å². The van der Waals surface area contributed by atoms with Crippen molar-refractivity contribution in [3.63, 3.8) is 0 Å². The van der Waals surface area contributed by atoms with Crippen LogP contribution in [-0.4, -0.2) is 53.7 Å². The van der Waals surface area contributed by atoms with Crippen LogP contribution >= 0.6 is 12.4 Å². The number of aromatic nitrogens is 1. The Bertz CT molecular complexity index is 955. The van der Waals surface area contributed by atoms with Gasteiger partial charge in [0, 0.05) is 32.5 Å². The van der Waals surface area contributed by atoms with E-state index in [-0.39, 0.29) is 36.2 Å². The number of rotatable bonds is 6. The Kier molecular flexibility index (Phi) is 8.43. The minimum absolute atomic E-state index is 0. The number of benzene rings is 1. The second kappa shape index (κ2) is 10.9. The molecule has 0 saturated carbocycles. The lowest BCUT2D eigenvalue weighted by Gasteiger charge is -2.43. The van der Waals surface area contributed by atoms with Crippen molar-refractivity contribution in [2.45, 2.75) is 50.0 Å². The average Bonchev–Trinajstić information content (AvgIpc) is 3.28. The van der Waals surface area contributed by atoms with E-state index in [0.29, 0.717) is 45.6 Å². The average molecular weight is 500 g/mol. The molecule has 1 N–H and O–H groups in total. The summed E-state index contributed by atoms with van der Waals surface area (Å²) in [7, 11) is 0. The number of hydrogen-bond acceptors (Lipinski definition) is 5. The zero-order chi connectivity index (χ0) is 23.5. The van der Waals surface area contributed by atoms with E-state index in [1.165, 1.54) is 12.1 Å². The molecule has 0 bridgehead atoms. The van der Waals surface area contributed by atoms with Crippen LogP contribution < -0.4 is 10.1 Å². The monoisotopic (exact) mass is 499 g/mol. The minimum atomic E-state index is -4.42. The van der Waals surface area contributed by atoms with Gasteiger partial charge in [-0.2, -0.15) is 13.2 Å². The first kappa shape index (κ1) is 26.2. The first-order valence-electron chi connectivity index (χ1n) is 11.2. The highest BCUT2D eigenvalue weighted by molar-refractivity contribution is 5.87. The molecule has 34 heavy (non-hydrogen) atoms. The molecule has 0 radical (unpaired) electrons. The van der Waals surface area contributed by atoms with Crippen molar-refractivity contribution in [3.8, 4) is 5.75 Å². The summed E-state index contributed by atoms with van der Waals surface area (Å²) in [4.78, 5) is 19.9. The van der Waals surface area contributed by atoms with Crippen molar-refractivity contribution < 1.29 is 27.4 Å². The molecule has 2 aliphatic rings. The molecule has 0 aliphatic carbocycles. The number of pyridine rings is 1. The predicted octanol–water partition coefficient (Wildman–Crippen LogP) is 4.40. The molecular formula is C24H29ClF3N3O3. The third-order valence-corrected chi connectivity index (χ3v) is 6.44. The highest BCUT2D eigenvalue weighted by atomic mass is 35.5. The maximum absolute atomic E-state index is 13.5. The molecule has 2 aromatic rings. The van der Waals surface area contributed by atoms with Gasteiger partial charge >= 0.3 is 6.18 Å². The quantitative estimate of drug-likeness (QED) is 0.638. The number of nitrogens with one attached hydrogen (secondary N) is 1. The summed E-state index contributed by atoms with van der Waals surface area (Å²) in [5, 5.41) is 3.11. The maximum atomic E-state index is 13.5. The number of carbonyl (C=O) groups is 1. The largest absolute Gasteiger partial charge is 0.489 e. The number of amides is 1. The molecule has 6 nitrogen and oxygen atoms in total. The Balaban J connectivity index is 0.00000324. The zero-order valence-electron chi connectivity index (χ0n) is 18.9. The van der Waals surface area contributed by atoms with Crippen molar-refractivity contribution in [2.75, 3.05) is 26.3 Å². The summed E-state index contributed by atoms with van der Waals surface area (Å²) < 4.78 is 50.5. The van der Waals surface area contributed by atoms with Crippen LogP contribution in [0, 0.1) is 0 Å². The fourth-order valence-electron chi connectivity index (χ4n) is 4.58. The van der Waals surface area contributed by atoms with Crippen LogP contribution in [0.5, 0.6) is 5.75 Å². The lowest BCUT2D eigenvalue weighted by molar-refractivity contribution is -0.141. The Labute approximate surface area is 203 Å². The molecule has 1 amide bonds. The molecule has 1 aromatic heterocycles.